The lowest BCUT2D eigenvalue weighted by Crippen LogP contribution is -2.16. The van der Waals surface area contributed by atoms with Gasteiger partial charge in [-0.2, -0.15) is 0 Å². The number of hydrogen-bond acceptors (Lipinski definition) is 17. The van der Waals surface area contributed by atoms with Gasteiger partial charge in [0.2, 0.25) is 0 Å². The maximum atomic E-state index is 13.1. The van der Waals surface area contributed by atoms with Gasteiger partial charge in [0.05, 0.1) is 23.0 Å². The van der Waals surface area contributed by atoms with E-state index in [9.17, 15) is 65.1 Å². The van der Waals surface area contributed by atoms with Crippen LogP contribution in [0, 0.1) is 0 Å². The van der Waals surface area contributed by atoms with E-state index >= 15 is 0 Å². The quantitative estimate of drug-likeness (QED) is 0.0725. The number of aromatic hydroxyl groups is 9. The van der Waals surface area contributed by atoms with Crippen molar-refractivity contribution in [3.05, 3.63) is 81.7 Å². The van der Waals surface area contributed by atoms with Crippen LogP contribution in [0.25, 0.3) is 11.0 Å². The SMILES string of the molecule is O=C(Oc1cc(OC(=O)c2cc(O)c(O)c(O)c2)c2occc(=O)c2c1OC(=O)c1cc(O)c(O)c(O)c1)c1cc(O)c(O)c(O)c1. The summed E-state index contributed by atoms with van der Waals surface area (Å²) in [6, 6.07) is 5.76. The summed E-state index contributed by atoms with van der Waals surface area (Å²) >= 11 is 0. The Labute approximate surface area is 258 Å². The minimum Gasteiger partial charge on any atom is -0.504 e. The summed E-state index contributed by atoms with van der Waals surface area (Å²) in [6.07, 6.45) is 0.857. The third-order valence-corrected chi connectivity index (χ3v) is 6.33. The first-order valence-electron chi connectivity index (χ1n) is 12.7. The van der Waals surface area contributed by atoms with Crippen LogP contribution in [-0.2, 0) is 0 Å². The highest BCUT2D eigenvalue weighted by Crippen LogP contribution is 2.43. The number of phenols is 9. The van der Waals surface area contributed by atoms with Crippen LogP contribution in [0.4, 0.5) is 0 Å². The van der Waals surface area contributed by atoms with Crippen molar-refractivity contribution in [2.75, 3.05) is 0 Å². The van der Waals surface area contributed by atoms with Crippen LogP contribution in [0.1, 0.15) is 31.1 Å². The van der Waals surface area contributed by atoms with Gasteiger partial charge in [-0.25, -0.2) is 14.4 Å². The smallest absolute Gasteiger partial charge is 0.343 e. The highest BCUT2D eigenvalue weighted by molar-refractivity contribution is 6.01. The second-order valence-electron chi connectivity index (χ2n) is 9.45. The standard InChI is InChI=1S/C30H18O17/c31-13-1-2-44-26-20(45-28(41)10-3-14(32)23(38)15(33)4-10)9-21(46-29(42)11-5-16(34)24(39)17(35)6-11)27(22(13)26)47-30(43)12-7-18(36)25(40)19(37)8-12/h1-9,32-40H. The van der Waals surface area contributed by atoms with Gasteiger partial charge in [-0.1, -0.05) is 0 Å². The number of ether oxygens (including phenoxy) is 3. The highest BCUT2D eigenvalue weighted by atomic mass is 16.6. The van der Waals surface area contributed by atoms with E-state index in [2.05, 4.69) is 0 Å². The van der Waals surface area contributed by atoms with E-state index in [0.717, 1.165) is 30.5 Å². The van der Waals surface area contributed by atoms with Crippen LogP contribution in [0.3, 0.4) is 0 Å². The van der Waals surface area contributed by atoms with Crippen molar-refractivity contribution >= 4 is 28.9 Å². The van der Waals surface area contributed by atoms with E-state index in [-0.39, 0.29) is 0 Å². The van der Waals surface area contributed by atoms with Crippen molar-refractivity contribution in [1.82, 2.24) is 0 Å². The Balaban J connectivity index is 1.68. The zero-order valence-corrected chi connectivity index (χ0v) is 23.0. The predicted octanol–water partition coefficient (Wildman–Crippen LogP) is 2.80. The van der Waals surface area contributed by atoms with E-state index in [4.69, 9.17) is 18.6 Å². The second-order valence-corrected chi connectivity index (χ2v) is 9.45. The molecule has 17 heteroatoms. The number of esters is 3. The Morgan fingerprint density at radius 3 is 1.28 bits per heavy atom. The van der Waals surface area contributed by atoms with E-state index < -0.39 is 120 Å². The van der Waals surface area contributed by atoms with Crippen molar-refractivity contribution < 1.29 is 79.0 Å². The fourth-order valence-corrected chi connectivity index (χ4v) is 4.08. The summed E-state index contributed by atoms with van der Waals surface area (Å²) in [7, 11) is 0. The molecular weight excluding hydrogens is 632 g/mol. The van der Waals surface area contributed by atoms with Crippen LogP contribution < -0.4 is 19.6 Å². The minimum absolute atomic E-state index is 0.528. The molecule has 47 heavy (non-hydrogen) atoms. The Morgan fingerprint density at radius 2 is 0.872 bits per heavy atom. The predicted molar refractivity (Wildman–Crippen MR) is 152 cm³/mol. The van der Waals surface area contributed by atoms with Crippen LogP contribution in [0.15, 0.2) is 64.0 Å². The van der Waals surface area contributed by atoms with Crippen molar-refractivity contribution in [3.8, 4) is 69.0 Å². The average Bonchev–Trinajstić information content (AvgIpc) is 3.02. The summed E-state index contributed by atoms with van der Waals surface area (Å²) in [6.45, 7) is 0. The Kier molecular flexibility index (Phi) is 7.72. The Hall–Kier alpha value is -7.30. The number of benzene rings is 4. The van der Waals surface area contributed by atoms with Gasteiger partial charge in [-0.3, -0.25) is 4.79 Å². The first kappa shape index (κ1) is 31.1. The third kappa shape index (κ3) is 5.81. The number of phenolic OH excluding ortho intramolecular Hbond substituents is 9. The molecule has 5 aromatic rings. The molecule has 0 saturated heterocycles. The van der Waals surface area contributed by atoms with Crippen LogP contribution in [0.5, 0.6) is 69.0 Å². The van der Waals surface area contributed by atoms with Crippen molar-refractivity contribution in [2.24, 2.45) is 0 Å². The van der Waals surface area contributed by atoms with E-state index in [1.807, 2.05) is 0 Å². The molecule has 0 saturated carbocycles. The molecule has 1 aromatic heterocycles. The van der Waals surface area contributed by atoms with Gasteiger partial charge in [-0.15, -0.1) is 0 Å². The van der Waals surface area contributed by atoms with Crippen LogP contribution in [-0.4, -0.2) is 63.9 Å². The number of carbonyl (C=O) groups is 3. The molecule has 0 aliphatic carbocycles. The molecule has 0 fully saturated rings. The lowest BCUT2D eigenvalue weighted by Gasteiger charge is -2.16. The third-order valence-electron chi connectivity index (χ3n) is 6.33. The van der Waals surface area contributed by atoms with Gasteiger partial charge in [-0.05, 0) is 36.4 Å². The molecule has 0 aliphatic heterocycles. The molecular formula is C30H18O17. The van der Waals surface area contributed by atoms with Crippen molar-refractivity contribution in [3.63, 3.8) is 0 Å². The Bertz CT molecular complexity index is 2130. The molecule has 0 amide bonds. The molecule has 240 valence electrons. The number of fused-ring (bicyclic) bond motifs is 1. The molecule has 5 rings (SSSR count). The lowest BCUT2D eigenvalue weighted by atomic mass is 10.1. The molecule has 9 N–H and O–H groups in total. The number of carbonyl (C=O) groups excluding carboxylic acids is 3. The van der Waals surface area contributed by atoms with Crippen molar-refractivity contribution in [2.45, 2.75) is 0 Å². The van der Waals surface area contributed by atoms with Crippen molar-refractivity contribution in [1.29, 1.82) is 0 Å². The van der Waals surface area contributed by atoms with E-state index in [1.165, 1.54) is 0 Å². The summed E-state index contributed by atoms with van der Waals surface area (Å²) in [5.74, 6) is -15.0. The maximum absolute atomic E-state index is 13.1. The second kappa shape index (κ2) is 11.7. The molecule has 17 nitrogen and oxygen atoms in total. The average molecular weight is 650 g/mol. The van der Waals surface area contributed by atoms with Gasteiger partial charge in [0.25, 0.3) is 0 Å². The molecule has 0 atom stereocenters. The zero-order chi connectivity index (χ0) is 34.3. The van der Waals surface area contributed by atoms with E-state index in [1.54, 1.807) is 0 Å². The van der Waals surface area contributed by atoms with Gasteiger partial charge in [0.15, 0.2) is 80.0 Å². The monoisotopic (exact) mass is 650 g/mol. The number of hydrogen-bond donors (Lipinski definition) is 9. The lowest BCUT2D eigenvalue weighted by molar-refractivity contribution is 0.0681. The first-order valence-corrected chi connectivity index (χ1v) is 12.7. The van der Waals surface area contributed by atoms with Gasteiger partial charge >= 0.3 is 17.9 Å². The summed E-state index contributed by atoms with van der Waals surface area (Å²) in [5.41, 5.74) is -3.26. The highest BCUT2D eigenvalue weighted by Gasteiger charge is 2.28. The molecule has 0 radical (unpaired) electrons. The fourth-order valence-electron chi connectivity index (χ4n) is 4.08. The molecule has 0 bridgehead atoms. The summed E-state index contributed by atoms with van der Waals surface area (Å²) in [5, 5.41) is 87.1. The first-order chi connectivity index (χ1) is 22.2. The van der Waals surface area contributed by atoms with Crippen LogP contribution >= 0.6 is 0 Å². The molecule has 0 spiro atoms. The largest absolute Gasteiger partial charge is 0.504 e. The maximum Gasteiger partial charge on any atom is 0.343 e. The molecule has 4 aromatic carbocycles. The topological polar surface area (TPSA) is 291 Å². The van der Waals surface area contributed by atoms with Crippen LogP contribution in [0.2, 0.25) is 0 Å². The molecule has 0 aliphatic rings. The Morgan fingerprint density at radius 1 is 0.511 bits per heavy atom. The fraction of sp³-hybridized carbons (Fsp3) is 0. The van der Waals surface area contributed by atoms with Gasteiger partial charge in [0.1, 0.15) is 5.39 Å². The summed E-state index contributed by atoms with van der Waals surface area (Å²) in [4.78, 5) is 52.3. The van der Waals surface area contributed by atoms with E-state index in [0.29, 0.717) is 24.3 Å². The normalized spacial score (nSPS) is 10.8. The minimum atomic E-state index is -1.41. The molecule has 0 unspecified atom stereocenters. The number of rotatable bonds is 6. The van der Waals surface area contributed by atoms with Gasteiger partial charge < -0.3 is 64.6 Å². The summed E-state index contributed by atoms with van der Waals surface area (Å²) < 4.78 is 21.2. The molecule has 1 heterocycles. The zero-order valence-electron chi connectivity index (χ0n) is 23.0. The van der Waals surface area contributed by atoms with Gasteiger partial charge in [0, 0.05) is 12.1 Å².